The molecule has 2 aromatic heterocycles. The molecular formula is C13H16BrClN4O. The third-order valence-corrected chi connectivity index (χ3v) is 4.08. The maximum atomic E-state index is 12.1. The Bertz CT molecular complexity index is 692. The minimum absolute atomic E-state index is 0.142. The number of rotatable bonds is 4. The molecule has 0 aliphatic heterocycles. The number of anilines is 1. The van der Waals surface area contributed by atoms with Crippen molar-refractivity contribution in [2.75, 3.05) is 5.73 Å². The van der Waals surface area contributed by atoms with Gasteiger partial charge in [-0.2, -0.15) is 5.10 Å². The summed E-state index contributed by atoms with van der Waals surface area (Å²) >= 11 is 9.56. The first-order chi connectivity index (χ1) is 9.47. The van der Waals surface area contributed by atoms with Crippen molar-refractivity contribution in [2.24, 2.45) is 0 Å². The summed E-state index contributed by atoms with van der Waals surface area (Å²) in [5.74, 6) is 0. The van der Waals surface area contributed by atoms with Crippen LogP contribution in [0, 0.1) is 0 Å². The maximum absolute atomic E-state index is 12.1. The summed E-state index contributed by atoms with van der Waals surface area (Å²) in [5, 5.41) is 5.07. The quantitative estimate of drug-likeness (QED) is 0.912. The van der Waals surface area contributed by atoms with E-state index in [1.807, 2.05) is 18.5 Å². The first-order valence-electron chi connectivity index (χ1n) is 6.37. The van der Waals surface area contributed by atoms with Gasteiger partial charge >= 0.3 is 0 Å². The smallest absolute Gasteiger partial charge is 0.265 e. The minimum Gasteiger partial charge on any atom is -0.398 e. The van der Waals surface area contributed by atoms with Crippen molar-refractivity contribution in [2.45, 2.75) is 33.4 Å². The zero-order valence-electron chi connectivity index (χ0n) is 11.4. The van der Waals surface area contributed by atoms with Crippen molar-refractivity contribution in [1.29, 1.82) is 0 Å². The van der Waals surface area contributed by atoms with Gasteiger partial charge in [0.05, 0.1) is 27.4 Å². The fraction of sp³-hybridized carbons (Fsp3) is 0.385. The number of aromatic nitrogens is 3. The molecule has 0 aliphatic carbocycles. The molecule has 2 heterocycles. The topological polar surface area (TPSA) is 65.8 Å². The number of aryl methyl sites for hydroxylation is 2. The van der Waals surface area contributed by atoms with Gasteiger partial charge < -0.3 is 10.3 Å². The summed E-state index contributed by atoms with van der Waals surface area (Å²) in [5.41, 5.74) is 7.83. The number of pyridine rings is 1. The Labute approximate surface area is 130 Å². The van der Waals surface area contributed by atoms with Crippen LogP contribution in [0.4, 0.5) is 5.69 Å². The van der Waals surface area contributed by atoms with Crippen molar-refractivity contribution < 1.29 is 0 Å². The number of hydrogen-bond acceptors (Lipinski definition) is 3. The monoisotopic (exact) mass is 358 g/mol. The summed E-state index contributed by atoms with van der Waals surface area (Å²) in [6, 6.07) is 1.59. The predicted molar refractivity (Wildman–Crippen MR) is 84.2 cm³/mol. The molecule has 7 heteroatoms. The average molecular weight is 360 g/mol. The van der Waals surface area contributed by atoms with Crippen LogP contribution in [-0.2, 0) is 19.5 Å². The number of nitrogens with zero attached hydrogens (tertiary/aromatic N) is 3. The highest BCUT2D eigenvalue weighted by Crippen LogP contribution is 2.22. The van der Waals surface area contributed by atoms with E-state index in [1.54, 1.807) is 12.3 Å². The van der Waals surface area contributed by atoms with Gasteiger partial charge in [0.2, 0.25) is 0 Å². The van der Waals surface area contributed by atoms with Crippen LogP contribution in [0.5, 0.6) is 0 Å². The van der Waals surface area contributed by atoms with Crippen molar-refractivity contribution in [1.82, 2.24) is 14.3 Å². The molecule has 0 saturated carbocycles. The molecule has 0 fully saturated rings. The third kappa shape index (κ3) is 2.76. The Morgan fingerprint density at radius 3 is 2.75 bits per heavy atom. The lowest BCUT2D eigenvalue weighted by molar-refractivity contribution is 0.589. The van der Waals surface area contributed by atoms with Gasteiger partial charge in [-0.25, -0.2) is 0 Å². The van der Waals surface area contributed by atoms with Crippen LogP contribution in [0.15, 0.2) is 21.5 Å². The van der Waals surface area contributed by atoms with Crippen LogP contribution in [-0.4, -0.2) is 14.3 Å². The molecule has 20 heavy (non-hydrogen) atoms. The second-order valence-electron chi connectivity index (χ2n) is 4.43. The van der Waals surface area contributed by atoms with E-state index in [4.69, 9.17) is 17.3 Å². The molecular weight excluding hydrogens is 344 g/mol. The van der Waals surface area contributed by atoms with Crippen molar-refractivity contribution in [3.05, 3.63) is 43.5 Å². The largest absolute Gasteiger partial charge is 0.398 e. The summed E-state index contributed by atoms with van der Waals surface area (Å²) in [6.45, 7) is 5.04. The average Bonchev–Trinajstić information content (AvgIpc) is 2.72. The van der Waals surface area contributed by atoms with E-state index in [9.17, 15) is 4.79 Å². The van der Waals surface area contributed by atoms with E-state index in [0.29, 0.717) is 28.3 Å². The van der Waals surface area contributed by atoms with Crippen LogP contribution >= 0.6 is 27.5 Å². The van der Waals surface area contributed by atoms with Crippen LogP contribution in [0.2, 0.25) is 5.02 Å². The Morgan fingerprint density at radius 2 is 2.15 bits per heavy atom. The van der Waals surface area contributed by atoms with Gasteiger partial charge in [-0.1, -0.05) is 18.5 Å². The normalized spacial score (nSPS) is 11.0. The van der Waals surface area contributed by atoms with Gasteiger partial charge in [-0.15, -0.1) is 0 Å². The fourth-order valence-corrected chi connectivity index (χ4v) is 2.89. The highest BCUT2D eigenvalue weighted by Gasteiger charge is 2.15. The summed E-state index contributed by atoms with van der Waals surface area (Å²) in [7, 11) is 0. The molecule has 108 valence electrons. The second-order valence-corrected chi connectivity index (χ2v) is 5.66. The van der Waals surface area contributed by atoms with Crippen molar-refractivity contribution in [3.8, 4) is 0 Å². The van der Waals surface area contributed by atoms with E-state index in [-0.39, 0.29) is 5.56 Å². The van der Waals surface area contributed by atoms with E-state index >= 15 is 0 Å². The Balaban J connectivity index is 2.50. The molecule has 5 nitrogen and oxygen atoms in total. The molecule has 0 radical (unpaired) electrons. The van der Waals surface area contributed by atoms with E-state index < -0.39 is 0 Å². The van der Waals surface area contributed by atoms with Crippen LogP contribution in [0.25, 0.3) is 0 Å². The van der Waals surface area contributed by atoms with Crippen LogP contribution in [0.1, 0.15) is 25.2 Å². The molecule has 0 amide bonds. The highest BCUT2D eigenvalue weighted by molar-refractivity contribution is 9.10. The highest BCUT2D eigenvalue weighted by atomic mass is 79.9. The van der Waals surface area contributed by atoms with Gasteiger partial charge in [0.25, 0.3) is 5.56 Å². The standard InChI is InChI=1S/C13H16BrClN4O/c1-3-10-12(15)11(19(4-2)17-10)7-18-6-8(16)5-9(14)13(18)20/h5-6H,3-4,7,16H2,1-2H3. The zero-order chi connectivity index (χ0) is 14.9. The molecule has 0 saturated heterocycles. The second kappa shape index (κ2) is 6.01. The maximum Gasteiger partial charge on any atom is 0.265 e. The molecule has 0 spiro atoms. The van der Waals surface area contributed by atoms with E-state index in [2.05, 4.69) is 21.0 Å². The summed E-state index contributed by atoms with van der Waals surface area (Å²) in [6.07, 6.45) is 2.37. The molecule has 0 unspecified atom stereocenters. The molecule has 2 rings (SSSR count). The predicted octanol–water partition coefficient (Wildman–Crippen LogP) is 2.67. The van der Waals surface area contributed by atoms with Gasteiger partial charge in [0, 0.05) is 18.4 Å². The first kappa shape index (κ1) is 15.1. The number of nitrogens with two attached hydrogens (primary N) is 1. The van der Waals surface area contributed by atoms with E-state index in [0.717, 1.165) is 17.8 Å². The Kier molecular flexibility index (Phi) is 4.55. The lowest BCUT2D eigenvalue weighted by Crippen LogP contribution is -2.23. The zero-order valence-corrected chi connectivity index (χ0v) is 13.7. The summed E-state index contributed by atoms with van der Waals surface area (Å²) < 4.78 is 3.80. The molecule has 0 bridgehead atoms. The van der Waals surface area contributed by atoms with Gasteiger partial charge in [0.1, 0.15) is 0 Å². The van der Waals surface area contributed by atoms with Gasteiger partial charge in [-0.3, -0.25) is 9.48 Å². The fourth-order valence-electron chi connectivity index (χ4n) is 2.07. The molecule has 0 atom stereocenters. The van der Waals surface area contributed by atoms with Gasteiger partial charge in [-0.05, 0) is 35.3 Å². The van der Waals surface area contributed by atoms with Gasteiger partial charge in [0.15, 0.2) is 0 Å². The number of nitrogen functional groups attached to an aromatic ring is 1. The number of halogens is 2. The SMILES string of the molecule is CCc1nn(CC)c(Cn2cc(N)cc(Br)c2=O)c1Cl. The molecule has 0 aromatic carbocycles. The van der Waals surface area contributed by atoms with Crippen LogP contribution in [0.3, 0.4) is 0 Å². The first-order valence-corrected chi connectivity index (χ1v) is 7.54. The molecule has 2 aromatic rings. The lowest BCUT2D eigenvalue weighted by atomic mass is 10.3. The van der Waals surface area contributed by atoms with Crippen molar-refractivity contribution >= 4 is 33.2 Å². The third-order valence-electron chi connectivity index (χ3n) is 3.08. The Hall–Kier alpha value is -1.27. The van der Waals surface area contributed by atoms with Crippen LogP contribution < -0.4 is 11.3 Å². The minimum atomic E-state index is -0.142. The summed E-state index contributed by atoms with van der Waals surface area (Å²) in [4.78, 5) is 12.1. The van der Waals surface area contributed by atoms with Crippen molar-refractivity contribution in [3.63, 3.8) is 0 Å². The van der Waals surface area contributed by atoms with E-state index in [1.165, 1.54) is 4.57 Å². The molecule has 2 N–H and O–H groups in total. The Morgan fingerprint density at radius 1 is 1.45 bits per heavy atom. The lowest BCUT2D eigenvalue weighted by Gasteiger charge is -2.09. The number of hydrogen-bond donors (Lipinski definition) is 1. The molecule has 0 aliphatic rings.